The highest BCUT2D eigenvalue weighted by atomic mass is 35.5. The molecule has 156 valence electrons. The highest BCUT2D eigenvalue weighted by Gasteiger charge is 2.10. The quantitative estimate of drug-likeness (QED) is 0.332. The van der Waals surface area contributed by atoms with Gasteiger partial charge in [-0.25, -0.2) is 4.98 Å². The van der Waals surface area contributed by atoms with Crippen LogP contribution in [0.2, 0.25) is 5.02 Å². The molecule has 6 heteroatoms. The molecule has 4 aromatic rings. The van der Waals surface area contributed by atoms with Crippen molar-refractivity contribution in [3.05, 3.63) is 113 Å². The molecule has 4 rings (SSSR count). The summed E-state index contributed by atoms with van der Waals surface area (Å²) in [6.07, 6.45) is 3.74. The first-order valence-electron chi connectivity index (χ1n) is 9.93. The number of nitrogens with one attached hydrogen (secondary N) is 1. The molecule has 0 aliphatic carbocycles. The number of nitrogens with zero attached hydrogens (tertiary/aromatic N) is 2. The number of anilines is 1. The molecule has 1 aromatic heterocycles. The van der Waals surface area contributed by atoms with Gasteiger partial charge in [-0.05, 0) is 54.4 Å². The summed E-state index contributed by atoms with van der Waals surface area (Å²) >= 11 is 7.65. The Balaban J connectivity index is 1.41. The molecule has 0 aliphatic rings. The Morgan fingerprint density at radius 1 is 1.00 bits per heavy atom. The van der Waals surface area contributed by atoms with Crippen LogP contribution in [0.25, 0.3) is 0 Å². The predicted molar refractivity (Wildman–Crippen MR) is 128 cm³/mol. The minimum atomic E-state index is -0.120. The van der Waals surface area contributed by atoms with Gasteiger partial charge < -0.3 is 9.88 Å². The molecule has 1 heterocycles. The molecule has 0 fully saturated rings. The van der Waals surface area contributed by atoms with Crippen LogP contribution in [0.4, 0.5) is 5.69 Å². The first-order chi connectivity index (χ1) is 15.1. The Morgan fingerprint density at radius 2 is 1.71 bits per heavy atom. The lowest BCUT2D eigenvalue weighted by atomic mass is 10.1. The van der Waals surface area contributed by atoms with Crippen molar-refractivity contribution in [3.63, 3.8) is 0 Å². The van der Waals surface area contributed by atoms with Gasteiger partial charge in [0.15, 0.2) is 0 Å². The van der Waals surface area contributed by atoms with E-state index in [1.807, 2.05) is 85.9 Å². The van der Waals surface area contributed by atoms with Gasteiger partial charge in [-0.15, -0.1) is 11.8 Å². The first-order valence-corrected chi connectivity index (χ1v) is 11.3. The zero-order chi connectivity index (χ0) is 21.6. The summed E-state index contributed by atoms with van der Waals surface area (Å²) < 4.78 is 2.07. The average Bonchev–Trinajstić information content (AvgIpc) is 3.19. The van der Waals surface area contributed by atoms with E-state index in [2.05, 4.69) is 14.9 Å². The zero-order valence-electron chi connectivity index (χ0n) is 17.1. The number of para-hydroxylation sites is 1. The topological polar surface area (TPSA) is 46.9 Å². The number of amides is 1. The van der Waals surface area contributed by atoms with Gasteiger partial charge in [0, 0.05) is 40.2 Å². The van der Waals surface area contributed by atoms with E-state index in [1.54, 1.807) is 18.0 Å². The lowest BCUT2D eigenvalue weighted by Crippen LogP contribution is -2.12. The second-order valence-electron chi connectivity index (χ2n) is 7.16. The van der Waals surface area contributed by atoms with E-state index in [0.29, 0.717) is 5.56 Å². The van der Waals surface area contributed by atoms with Crippen LogP contribution in [-0.4, -0.2) is 15.5 Å². The fourth-order valence-corrected chi connectivity index (χ4v) is 4.25. The van der Waals surface area contributed by atoms with Gasteiger partial charge in [0.05, 0.1) is 5.69 Å². The van der Waals surface area contributed by atoms with Gasteiger partial charge in [0.2, 0.25) is 0 Å². The van der Waals surface area contributed by atoms with Gasteiger partial charge in [-0.1, -0.05) is 48.0 Å². The standard InChI is InChI=1S/C25H22ClN3OS/c1-18-27-14-15-29(18)16-19-6-10-21(11-7-19)25(30)28-23-4-2-3-5-24(23)31-17-20-8-12-22(26)13-9-20/h2-15H,16-17H2,1H3,(H,28,30). The number of rotatable bonds is 7. The van der Waals surface area contributed by atoms with Gasteiger partial charge in [-0.3, -0.25) is 4.79 Å². The number of thioether (sulfide) groups is 1. The van der Waals surface area contributed by atoms with Crippen LogP contribution < -0.4 is 5.32 Å². The summed E-state index contributed by atoms with van der Waals surface area (Å²) in [6, 6.07) is 23.4. The molecule has 1 N–H and O–H groups in total. The van der Waals surface area contributed by atoms with Crippen LogP contribution in [0, 0.1) is 6.92 Å². The molecule has 0 aliphatic heterocycles. The van der Waals surface area contributed by atoms with Gasteiger partial charge in [0.25, 0.3) is 5.91 Å². The third kappa shape index (κ3) is 5.57. The summed E-state index contributed by atoms with van der Waals surface area (Å²) in [5.74, 6) is 1.64. The van der Waals surface area contributed by atoms with Crippen LogP contribution in [0.3, 0.4) is 0 Å². The van der Waals surface area contributed by atoms with Crippen molar-refractivity contribution >= 4 is 35.0 Å². The first kappa shape index (κ1) is 21.2. The summed E-state index contributed by atoms with van der Waals surface area (Å²) in [4.78, 5) is 18.1. The number of hydrogen-bond acceptors (Lipinski definition) is 3. The highest BCUT2D eigenvalue weighted by molar-refractivity contribution is 7.98. The molecule has 1 amide bonds. The summed E-state index contributed by atoms with van der Waals surface area (Å²) in [5.41, 5.74) is 3.74. The second-order valence-corrected chi connectivity index (χ2v) is 8.62. The lowest BCUT2D eigenvalue weighted by Gasteiger charge is -2.11. The van der Waals surface area contributed by atoms with Crippen molar-refractivity contribution in [1.82, 2.24) is 9.55 Å². The maximum atomic E-state index is 12.8. The minimum Gasteiger partial charge on any atom is -0.331 e. The van der Waals surface area contributed by atoms with Crippen molar-refractivity contribution in [2.45, 2.75) is 24.1 Å². The van der Waals surface area contributed by atoms with E-state index in [1.165, 1.54) is 5.56 Å². The molecule has 4 nitrogen and oxygen atoms in total. The SMILES string of the molecule is Cc1nccn1Cc1ccc(C(=O)Nc2ccccc2SCc2ccc(Cl)cc2)cc1. The third-order valence-corrected chi connectivity index (χ3v) is 6.33. The van der Waals surface area contributed by atoms with E-state index in [9.17, 15) is 4.79 Å². The Bertz CT molecular complexity index is 1170. The molecule has 0 spiro atoms. The fraction of sp³-hybridized carbons (Fsp3) is 0.120. The van der Waals surface area contributed by atoms with Gasteiger partial charge in [-0.2, -0.15) is 0 Å². The second kappa shape index (κ2) is 9.86. The smallest absolute Gasteiger partial charge is 0.255 e. The van der Waals surface area contributed by atoms with Crippen LogP contribution in [0.1, 0.15) is 27.3 Å². The molecule has 0 bridgehead atoms. The zero-order valence-corrected chi connectivity index (χ0v) is 18.7. The van der Waals surface area contributed by atoms with Crippen molar-refractivity contribution < 1.29 is 4.79 Å². The molecular weight excluding hydrogens is 426 g/mol. The van der Waals surface area contributed by atoms with Crippen LogP contribution in [-0.2, 0) is 12.3 Å². The molecule has 0 unspecified atom stereocenters. The van der Waals surface area contributed by atoms with Crippen LogP contribution in [0.5, 0.6) is 0 Å². The monoisotopic (exact) mass is 447 g/mol. The molecule has 0 saturated carbocycles. The molecule has 0 radical (unpaired) electrons. The van der Waals surface area contributed by atoms with E-state index in [4.69, 9.17) is 11.6 Å². The number of carbonyl (C=O) groups is 1. The largest absolute Gasteiger partial charge is 0.331 e. The molecule has 0 atom stereocenters. The van der Waals surface area contributed by atoms with Crippen molar-refractivity contribution in [2.75, 3.05) is 5.32 Å². The number of benzene rings is 3. The Hall–Kier alpha value is -3.02. The van der Waals surface area contributed by atoms with Gasteiger partial charge in [0.1, 0.15) is 5.82 Å². The summed E-state index contributed by atoms with van der Waals surface area (Å²) in [6.45, 7) is 2.71. The Labute approximate surface area is 191 Å². The summed E-state index contributed by atoms with van der Waals surface area (Å²) in [7, 11) is 0. The lowest BCUT2D eigenvalue weighted by molar-refractivity contribution is 0.102. The van der Waals surface area contributed by atoms with Gasteiger partial charge >= 0.3 is 0 Å². The van der Waals surface area contributed by atoms with Crippen molar-refractivity contribution in [1.29, 1.82) is 0 Å². The third-order valence-electron chi connectivity index (χ3n) is 4.94. The number of carbonyl (C=O) groups excluding carboxylic acids is 1. The molecule has 0 saturated heterocycles. The predicted octanol–water partition coefficient (Wildman–Crippen LogP) is 6.44. The molecular formula is C25H22ClN3OS. The van der Waals surface area contributed by atoms with E-state index < -0.39 is 0 Å². The number of hydrogen-bond donors (Lipinski definition) is 1. The van der Waals surface area contributed by atoms with Crippen molar-refractivity contribution in [2.24, 2.45) is 0 Å². The normalized spacial score (nSPS) is 10.8. The minimum absolute atomic E-state index is 0.120. The van der Waals surface area contributed by atoms with Crippen LogP contribution >= 0.6 is 23.4 Å². The number of aryl methyl sites for hydroxylation is 1. The maximum Gasteiger partial charge on any atom is 0.255 e. The fourth-order valence-electron chi connectivity index (χ4n) is 3.16. The number of halogens is 1. The van der Waals surface area contributed by atoms with Crippen LogP contribution in [0.15, 0.2) is 90.1 Å². The number of imidazole rings is 1. The van der Waals surface area contributed by atoms with E-state index in [0.717, 1.165) is 39.3 Å². The average molecular weight is 448 g/mol. The van der Waals surface area contributed by atoms with E-state index >= 15 is 0 Å². The van der Waals surface area contributed by atoms with Crippen molar-refractivity contribution in [3.8, 4) is 0 Å². The molecule has 31 heavy (non-hydrogen) atoms. The Kier molecular flexibility index (Phi) is 6.75. The maximum absolute atomic E-state index is 12.8. The molecule has 3 aromatic carbocycles. The van der Waals surface area contributed by atoms with E-state index in [-0.39, 0.29) is 5.91 Å². The number of aromatic nitrogens is 2. The summed E-state index contributed by atoms with van der Waals surface area (Å²) in [5, 5.41) is 3.78. The Morgan fingerprint density at radius 3 is 2.42 bits per heavy atom. The highest BCUT2D eigenvalue weighted by Crippen LogP contribution is 2.30.